The van der Waals surface area contributed by atoms with Crippen molar-refractivity contribution in [2.24, 2.45) is 11.8 Å². The van der Waals surface area contributed by atoms with E-state index in [0.717, 1.165) is 17.8 Å². The van der Waals surface area contributed by atoms with E-state index in [-0.39, 0.29) is 17.5 Å². The summed E-state index contributed by atoms with van der Waals surface area (Å²) in [7, 11) is 0. The molecule has 0 saturated heterocycles. The van der Waals surface area contributed by atoms with Crippen molar-refractivity contribution in [2.45, 2.75) is 19.5 Å². The van der Waals surface area contributed by atoms with Gasteiger partial charge in [-0.3, -0.25) is 9.59 Å². The minimum Gasteiger partial charge on any atom is -0.326 e. The molecule has 0 bridgehead atoms. The van der Waals surface area contributed by atoms with Crippen molar-refractivity contribution in [3.8, 4) is 0 Å². The van der Waals surface area contributed by atoms with Crippen molar-refractivity contribution < 1.29 is 22.8 Å². The van der Waals surface area contributed by atoms with E-state index in [1.54, 1.807) is 4.90 Å². The fourth-order valence-electron chi connectivity index (χ4n) is 3.01. The molecule has 1 fully saturated rings. The van der Waals surface area contributed by atoms with Crippen LogP contribution in [0.15, 0.2) is 54.6 Å². The number of carbonyl (C=O) groups excluding carboxylic acids is 2. The van der Waals surface area contributed by atoms with Gasteiger partial charge in [-0.2, -0.15) is 13.2 Å². The van der Waals surface area contributed by atoms with Gasteiger partial charge in [-0.25, -0.2) is 0 Å². The zero-order chi connectivity index (χ0) is 19.6. The summed E-state index contributed by atoms with van der Waals surface area (Å²) in [4.78, 5) is 26.6. The molecule has 27 heavy (non-hydrogen) atoms. The highest BCUT2D eigenvalue weighted by atomic mass is 19.4. The first kappa shape index (κ1) is 18.9. The van der Waals surface area contributed by atoms with Gasteiger partial charge in [-0.15, -0.1) is 0 Å². The van der Waals surface area contributed by atoms with Crippen LogP contribution in [0, 0.1) is 11.8 Å². The van der Waals surface area contributed by atoms with Gasteiger partial charge in [0, 0.05) is 17.9 Å². The van der Waals surface area contributed by atoms with E-state index < -0.39 is 23.6 Å². The van der Waals surface area contributed by atoms with Crippen molar-refractivity contribution in [3.05, 3.63) is 60.2 Å². The molecule has 3 rings (SSSR count). The highest BCUT2D eigenvalue weighted by Gasteiger charge is 2.49. The molecular weight excluding hydrogens is 357 g/mol. The average Bonchev–Trinajstić information content (AvgIpc) is 3.44. The zero-order valence-electron chi connectivity index (χ0n) is 14.7. The van der Waals surface area contributed by atoms with Crippen molar-refractivity contribution >= 4 is 23.2 Å². The SMILES string of the molecule is CCN(C(=O)C1CC1C(=O)Nc1ccc(C(F)(F)F)cc1)c1ccccc1. The minimum absolute atomic E-state index is 0.115. The summed E-state index contributed by atoms with van der Waals surface area (Å²) >= 11 is 0. The lowest BCUT2D eigenvalue weighted by atomic mass is 10.2. The highest BCUT2D eigenvalue weighted by Crippen LogP contribution is 2.41. The number of hydrogen-bond acceptors (Lipinski definition) is 2. The molecule has 2 atom stereocenters. The molecule has 142 valence electrons. The summed E-state index contributed by atoms with van der Waals surface area (Å²) < 4.78 is 37.7. The van der Waals surface area contributed by atoms with E-state index >= 15 is 0 Å². The molecule has 1 aliphatic carbocycles. The van der Waals surface area contributed by atoms with Crippen LogP contribution in [0.25, 0.3) is 0 Å². The first-order valence-electron chi connectivity index (χ1n) is 8.65. The number of para-hydroxylation sites is 1. The first-order valence-corrected chi connectivity index (χ1v) is 8.65. The van der Waals surface area contributed by atoms with Crippen LogP contribution in [0.5, 0.6) is 0 Å². The van der Waals surface area contributed by atoms with Gasteiger partial charge in [-0.05, 0) is 49.7 Å². The second kappa shape index (κ2) is 7.42. The van der Waals surface area contributed by atoms with Gasteiger partial charge >= 0.3 is 6.18 Å². The number of anilines is 2. The molecule has 0 radical (unpaired) electrons. The standard InChI is InChI=1S/C20H19F3N2O2/c1-2-25(15-6-4-3-5-7-15)19(27)17-12-16(17)18(26)24-14-10-8-13(9-11-14)20(21,22)23/h3-11,16-17H,2,12H2,1H3,(H,24,26). The molecule has 1 saturated carbocycles. The molecule has 0 heterocycles. The second-order valence-electron chi connectivity index (χ2n) is 6.43. The van der Waals surface area contributed by atoms with Crippen molar-refractivity contribution in [1.82, 2.24) is 0 Å². The highest BCUT2D eigenvalue weighted by molar-refractivity contribution is 6.04. The van der Waals surface area contributed by atoms with E-state index in [1.165, 1.54) is 12.1 Å². The lowest BCUT2D eigenvalue weighted by molar-refractivity contribution is -0.137. The Morgan fingerprint density at radius 2 is 1.67 bits per heavy atom. The third-order valence-electron chi connectivity index (χ3n) is 4.57. The molecular formula is C20H19F3N2O2. The maximum Gasteiger partial charge on any atom is 0.416 e. The van der Waals surface area contributed by atoms with Crippen molar-refractivity contribution in [1.29, 1.82) is 0 Å². The van der Waals surface area contributed by atoms with Gasteiger partial charge in [0.1, 0.15) is 0 Å². The number of benzene rings is 2. The van der Waals surface area contributed by atoms with Gasteiger partial charge in [0.15, 0.2) is 0 Å². The van der Waals surface area contributed by atoms with Gasteiger partial charge in [0.05, 0.1) is 17.4 Å². The van der Waals surface area contributed by atoms with E-state index in [2.05, 4.69) is 5.32 Å². The lowest BCUT2D eigenvalue weighted by Gasteiger charge is -2.21. The van der Waals surface area contributed by atoms with E-state index in [0.29, 0.717) is 13.0 Å². The molecule has 7 heteroatoms. The molecule has 2 unspecified atom stereocenters. The van der Waals surface area contributed by atoms with Crippen LogP contribution in [0.4, 0.5) is 24.5 Å². The van der Waals surface area contributed by atoms with Crippen LogP contribution in [-0.2, 0) is 15.8 Å². The van der Waals surface area contributed by atoms with E-state index in [1.807, 2.05) is 37.3 Å². The van der Waals surface area contributed by atoms with Gasteiger partial charge in [0.25, 0.3) is 0 Å². The molecule has 0 aromatic heterocycles. The lowest BCUT2D eigenvalue weighted by Crippen LogP contribution is -2.33. The Balaban J connectivity index is 1.61. The Morgan fingerprint density at radius 3 is 2.22 bits per heavy atom. The summed E-state index contributed by atoms with van der Waals surface area (Å²) in [6.07, 6.45) is -3.98. The fourth-order valence-corrected chi connectivity index (χ4v) is 3.01. The topological polar surface area (TPSA) is 49.4 Å². The average molecular weight is 376 g/mol. The van der Waals surface area contributed by atoms with Gasteiger partial charge < -0.3 is 10.2 Å². The Morgan fingerprint density at radius 1 is 1.04 bits per heavy atom. The number of amides is 2. The molecule has 2 amide bonds. The van der Waals surface area contributed by atoms with Crippen molar-refractivity contribution in [2.75, 3.05) is 16.8 Å². The normalized spacial score (nSPS) is 18.7. The molecule has 2 aromatic rings. The fraction of sp³-hybridized carbons (Fsp3) is 0.300. The maximum atomic E-state index is 12.7. The van der Waals surface area contributed by atoms with Crippen LogP contribution in [-0.4, -0.2) is 18.4 Å². The molecule has 2 aromatic carbocycles. The Kier molecular flexibility index (Phi) is 5.21. The molecule has 1 N–H and O–H groups in total. The first-order chi connectivity index (χ1) is 12.8. The summed E-state index contributed by atoms with van der Waals surface area (Å²) in [5, 5.41) is 2.59. The Labute approximate surface area is 155 Å². The number of carbonyl (C=O) groups is 2. The summed E-state index contributed by atoms with van der Waals surface area (Å²) in [6.45, 7) is 2.36. The zero-order valence-corrected chi connectivity index (χ0v) is 14.7. The molecule has 0 spiro atoms. The predicted molar refractivity (Wildman–Crippen MR) is 96.1 cm³/mol. The van der Waals surface area contributed by atoms with Crippen LogP contribution < -0.4 is 10.2 Å². The largest absolute Gasteiger partial charge is 0.416 e. The number of rotatable bonds is 5. The number of alkyl halides is 3. The van der Waals surface area contributed by atoms with Crippen LogP contribution in [0.1, 0.15) is 18.9 Å². The second-order valence-corrected chi connectivity index (χ2v) is 6.43. The predicted octanol–water partition coefficient (Wildman–Crippen LogP) is 4.33. The summed E-state index contributed by atoms with van der Waals surface area (Å²) in [5.74, 6) is -1.33. The number of halogens is 3. The number of hydrogen-bond donors (Lipinski definition) is 1. The summed E-state index contributed by atoms with van der Waals surface area (Å²) in [5.41, 5.74) is 0.279. The molecule has 4 nitrogen and oxygen atoms in total. The van der Waals surface area contributed by atoms with Crippen LogP contribution >= 0.6 is 0 Å². The Bertz CT molecular complexity index is 819. The smallest absolute Gasteiger partial charge is 0.326 e. The van der Waals surface area contributed by atoms with Crippen molar-refractivity contribution in [3.63, 3.8) is 0 Å². The maximum absolute atomic E-state index is 12.7. The Hall–Kier alpha value is -2.83. The molecule has 0 aliphatic heterocycles. The minimum atomic E-state index is -4.42. The van der Waals surface area contributed by atoms with E-state index in [4.69, 9.17) is 0 Å². The quantitative estimate of drug-likeness (QED) is 0.844. The third kappa shape index (κ3) is 4.30. The van der Waals surface area contributed by atoms with Gasteiger partial charge in [-0.1, -0.05) is 18.2 Å². The van der Waals surface area contributed by atoms with Crippen LogP contribution in [0.3, 0.4) is 0 Å². The number of nitrogens with zero attached hydrogens (tertiary/aromatic N) is 1. The summed E-state index contributed by atoms with van der Waals surface area (Å²) in [6, 6.07) is 13.5. The third-order valence-corrected chi connectivity index (χ3v) is 4.57. The van der Waals surface area contributed by atoms with E-state index in [9.17, 15) is 22.8 Å². The molecule has 1 aliphatic rings. The van der Waals surface area contributed by atoms with Crippen LogP contribution in [0.2, 0.25) is 0 Å². The monoisotopic (exact) mass is 376 g/mol. The van der Waals surface area contributed by atoms with Gasteiger partial charge in [0.2, 0.25) is 11.8 Å². The number of nitrogens with one attached hydrogen (secondary N) is 1.